The fourth-order valence-electron chi connectivity index (χ4n) is 1.20. The Hall–Kier alpha value is -2.61. The maximum Gasteiger partial charge on any atom is 0.219 e. The van der Waals surface area contributed by atoms with Gasteiger partial charge in [0.1, 0.15) is 17.6 Å². The van der Waals surface area contributed by atoms with E-state index in [4.69, 9.17) is 15.7 Å². The quantitative estimate of drug-likeness (QED) is 0.803. The van der Waals surface area contributed by atoms with Gasteiger partial charge >= 0.3 is 0 Å². The molecule has 0 atom stereocenters. The number of nitrogens with two attached hydrogens (primary N) is 1. The number of halogens is 1. The number of aromatic nitrogens is 1. The monoisotopic (exact) mass is 229 g/mol. The van der Waals surface area contributed by atoms with Crippen LogP contribution in [0.4, 0.5) is 10.1 Å². The summed E-state index contributed by atoms with van der Waals surface area (Å²) < 4.78 is 18.4. The summed E-state index contributed by atoms with van der Waals surface area (Å²) in [5.74, 6) is 0.0400. The molecule has 1 aromatic heterocycles. The summed E-state index contributed by atoms with van der Waals surface area (Å²) in [5, 5.41) is 8.59. The van der Waals surface area contributed by atoms with E-state index in [1.807, 2.05) is 6.07 Å². The Bertz CT molecular complexity index is 575. The first-order valence-electron chi connectivity index (χ1n) is 4.78. The van der Waals surface area contributed by atoms with Gasteiger partial charge in [0.25, 0.3) is 0 Å². The number of nitriles is 1. The molecular formula is C12H8FN3O. The number of nitrogen functional groups attached to an aromatic ring is 1. The zero-order valence-corrected chi connectivity index (χ0v) is 8.72. The van der Waals surface area contributed by atoms with Crippen molar-refractivity contribution in [2.45, 2.75) is 0 Å². The molecule has 0 amide bonds. The molecule has 2 aromatic rings. The van der Waals surface area contributed by atoms with E-state index in [1.165, 1.54) is 30.5 Å². The molecule has 0 bridgehead atoms. The molecule has 5 heteroatoms. The van der Waals surface area contributed by atoms with Crippen molar-refractivity contribution in [1.29, 1.82) is 5.26 Å². The summed E-state index contributed by atoms with van der Waals surface area (Å²) in [5.41, 5.74) is 5.83. The SMILES string of the molecule is N#Cc1ccc(Oc2ccc(N)c(F)c2)nc1. The largest absolute Gasteiger partial charge is 0.439 e. The van der Waals surface area contributed by atoms with Crippen LogP contribution in [0, 0.1) is 17.1 Å². The average molecular weight is 229 g/mol. The maximum atomic E-state index is 13.1. The highest BCUT2D eigenvalue weighted by Crippen LogP contribution is 2.22. The van der Waals surface area contributed by atoms with Crippen LogP contribution < -0.4 is 10.5 Å². The number of ether oxygens (including phenoxy) is 1. The summed E-state index contributed by atoms with van der Waals surface area (Å²) >= 11 is 0. The van der Waals surface area contributed by atoms with Gasteiger partial charge in [-0.05, 0) is 18.2 Å². The van der Waals surface area contributed by atoms with Crippen molar-refractivity contribution in [1.82, 2.24) is 4.98 Å². The number of pyridine rings is 1. The zero-order chi connectivity index (χ0) is 12.3. The van der Waals surface area contributed by atoms with Crippen LogP contribution in [-0.4, -0.2) is 4.98 Å². The molecule has 2 N–H and O–H groups in total. The van der Waals surface area contributed by atoms with Gasteiger partial charge in [0, 0.05) is 18.3 Å². The molecule has 4 nitrogen and oxygen atoms in total. The van der Waals surface area contributed by atoms with E-state index >= 15 is 0 Å². The normalized spacial score (nSPS) is 9.65. The molecule has 0 aliphatic heterocycles. The Morgan fingerprint density at radius 1 is 1.29 bits per heavy atom. The Morgan fingerprint density at radius 2 is 2.12 bits per heavy atom. The van der Waals surface area contributed by atoms with Gasteiger partial charge in [0.05, 0.1) is 11.3 Å². The van der Waals surface area contributed by atoms with Gasteiger partial charge in [-0.3, -0.25) is 0 Å². The lowest BCUT2D eigenvalue weighted by molar-refractivity contribution is 0.458. The van der Waals surface area contributed by atoms with Gasteiger partial charge < -0.3 is 10.5 Å². The summed E-state index contributed by atoms with van der Waals surface area (Å²) in [6, 6.07) is 9.17. The molecule has 0 fully saturated rings. The molecule has 84 valence electrons. The molecule has 0 saturated heterocycles. The second-order valence-electron chi connectivity index (χ2n) is 3.28. The smallest absolute Gasteiger partial charge is 0.219 e. The van der Waals surface area contributed by atoms with Crippen molar-refractivity contribution < 1.29 is 9.13 Å². The van der Waals surface area contributed by atoms with Crippen molar-refractivity contribution in [2.24, 2.45) is 0 Å². The minimum atomic E-state index is -0.545. The number of nitrogens with zero attached hydrogens (tertiary/aromatic N) is 2. The molecule has 0 unspecified atom stereocenters. The van der Waals surface area contributed by atoms with Crippen LogP contribution in [0.3, 0.4) is 0 Å². The second kappa shape index (κ2) is 4.49. The standard InChI is InChI=1S/C12H8FN3O/c13-10-5-9(2-3-11(10)15)17-12-4-1-8(6-14)7-16-12/h1-5,7H,15H2. The lowest BCUT2D eigenvalue weighted by Crippen LogP contribution is -1.92. The Labute approximate surface area is 97.1 Å². The molecule has 0 aliphatic rings. The summed E-state index contributed by atoms with van der Waals surface area (Å²) in [4.78, 5) is 3.90. The van der Waals surface area contributed by atoms with E-state index in [2.05, 4.69) is 4.98 Å². The molecule has 0 radical (unpaired) electrons. The van der Waals surface area contributed by atoms with E-state index in [0.29, 0.717) is 11.3 Å². The van der Waals surface area contributed by atoms with Crippen molar-refractivity contribution in [3.05, 3.63) is 47.9 Å². The molecule has 17 heavy (non-hydrogen) atoms. The molecule has 0 aliphatic carbocycles. The number of rotatable bonds is 2. The highest BCUT2D eigenvalue weighted by molar-refractivity contribution is 5.44. The van der Waals surface area contributed by atoms with E-state index in [9.17, 15) is 4.39 Å². The van der Waals surface area contributed by atoms with Gasteiger partial charge in [-0.1, -0.05) is 0 Å². The Morgan fingerprint density at radius 3 is 2.71 bits per heavy atom. The fraction of sp³-hybridized carbons (Fsp3) is 0. The van der Waals surface area contributed by atoms with E-state index in [0.717, 1.165) is 0 Å². The molecule has 0 saturated carbocycles. The number of hydrogen-bond donors (Lipinski definition) is 1. The molecule has 2 rings (SSSR count). The van der Waals surface area contributed by atoms with Gasteiger partial charge in [-0.2, -0.15) is 5.26 Å². The zero-order valence-electron chi connectivity index (χ0n) is 8.72. The van der Waals surface area contributed by atoms with Gasteiger partial charge in [0.15, 0.2) is 0 Å². The predicted molar refractivity (Wildman–Crippen MR) is 59.8 cm³/mol. The maximum absolute atomic E-state index is 13.1. The molecule has 1 aromatic carbocycles. The number of anilines is 1. The lowest BCUT2D eigenvalue weighted by atomic mass is 10.3. The van der Waals surface area contributed by atoms with Crippen LogP contribution in [0.2, 0.25) is 0 Å². The van der Waals surface area contributed by atoms with Crippen molar-refractivity contribution in [3.8, 4) is 17.7 Å². The van der Waals surface area contributed by atoms with Gasteiger partial charge in [0.2, 0.25) is 5.88 Å². The Balaban J connectivity index is 2.20. The van der Waals surface area contributed by atoms with E-state index < -0.39 is 5.82 Å². The van der Waals surface area contributed by atoms with Crippen LogP contribution in [0.1, 0.15) is 5.56 Å². The highest BCUT2D eigenvalue weighted by atomic mass is 19.1. The van der Waals surface area contributed by atoms with Gasteiger partial charge in [-0.25, -0.2) is 9.37 Å². The van der Waals surface area contributed by atoms with Gasteiger partial charge in [-0.15, -0.1) is 0 Å². The minimum absolute atomic E-state index is 0.0603. The van der Waals surface area contributed by atoms with Crippen molar-refractivity contribution >= 4 is 5.69 Å². The minimum Gasteiger partial charge on any atom is -0.439 e. The predicted octanol–water partition coefficient (Wildman–Crippen LogP) is 2.47. The van der Waals surface area contributed by atoms with Crippen molar-refractivity contribution in [3.63, 3.8) is 0 Å². The summed E-state index contributed by atoms with van der Waals surface area (Å²) in [7, 11) is 0. The van der Waals surface area contributed by atoms with Crippen LogP contribution in [-0.2, 0) is 0 Å². The van der Waals surface area contributed by atoms with Crippen LogP contribution >= 0.6 is 0 Å². The first-order chi connectivity index (χ1) is 8.19. The Kier molecular flexibility index (Phi) is 2.88. The first-order valence-corrected chi connectivity index (χ1v) is 4.78. The molecule has 0 spiro atoms. The average Bonchev–Trinajstić information content (AvgIpc) is 2.35. The highest BCUT2D eigenvalue weighted by Gasteiger charge is 2.03. The first kappa shape index (κ1) is 10.9. The fourth-order valence-corrected chi connectivity index (χ4v) is 1.20. The van der Waals surface area contributed by atoms with Crippen LogP contribution in [0.15, 0.2) is 36.5 Å². The van der Waals surface area contributed by atoms with Crippen molar-refractivity contribution in [2.75, 3.05) is 5.73 Å². The summed E-state index contributed by atoms with van der Waals surface area (Å²) in [6.45, 7) is 0. The number of hydrogen-bond acceptors (Lipinski definition) is 4. The lowest BCUT2D eigenvalue weighted by Gasteiger charge is -2.05. The molecular weight excluding hydrogens is 221 g/mol. The number of benzene rings is 1. The second-order valence-corrected chi connectivity index (χ2v) is 3.28. The van der Waals surface area contributed by atoms with E-state index in [-0.39, 0.29) is 11.6 Å². The third-order valence-corrected chi connectivity index (χ3v) is 2.06. The molecule has 1 heterocycles. The third-order valence-electron chi connectivity index (χ3n) is 2.06. The topological polar surface area (TPSA) is 71.9 Å². The van der Waals surface area contributed by atoms with E-state index in [1.54, 1.807) is 6.07 Å². The van der Waals surface area contributed by atoms with Crippen LogP contribution in [0.5, 0.6) is 11.6 Å². The summed E-state index contributed by atoms with van der Waals surface area (Å²) in [6.07, 6.45) is 1.38. The van der Waals surface area contributed by atoms with Crippen LogP contribution in [0.25, 0.3) is 0 Å². The third kappa shape index (κ3) is 2.49.